The van der Waals surface area contributed by atoms with E-state index >= 15 is 0 Å². The molecule has 0 saturated carbocycles. The minimum absolute atomic E-state index is 0.0639. The standard InChI is InChI=1S/C59H114O6/c1-7-55(6)47-41-35-29-25-26-32-38-44-50-59(62)65-56(52-64-58(61)49-43-37-31-24-20-16-12-11-14-18-22-28-34-40-46-54(4)5)51-63-57(60)48-42-36-30-23-19-15-10-8-9-13-17-21-27-33-39-45-53(2)3/h53-56H,7-52H2,1-6H3/t55?,56-/m0/s1. The molecule has 0 aromatic carbocycles. The van der Waals surface area contributed by atoms with Crippen LogP contribution in [0.3, 0.4) is 0 Å². The van der Waals surface area contributed by atoms with Gasteiger partial charge in [-0.2, -0.15) is 0 Å². The maximum absolute atomic E-state index is 12.8. The van der Waals surface area contributed by atoms with Crippen LogP contribution in [0.15, 0.2) is 0 Å². The van der Waals surface area contributed by atoms with Gasteiger partial charge in [-0.3, -0.25) is 14.4 Å². The highest BCUT2D eigenvalue weighted by Crippen LogP contribution is 2.19. The van der Waals surface area contributed by atoms with Crippen molar-refractivity contribution in [3.05, 3.63) is 0 Å². The van der Waals surface area contributed by atoms with Crippen LogP contribution >= 0.6 is 0 Å². The van der Waals surface area contributed by atoms with Crippen molar-refractivity contribution in [1.29, 1.82) is 0 Å². The predicted octanol–water partition coefficient (Wildman–Crippen LogP) is 19.1. The predicted molar refractivity (Wildman–Crippen MR) is 279 cm³/mol. The monoisotopic (exact) mass is 919 g/mol. The third-order valence-corrected chi connectivity index (χ3v) is 13.8. The second-order valence-corrected chi connectivity index (χ2v) is 21.5. The molecule has 2 atom stereocenters. The second kappa shape index (κ2) is 50.3. The first-order valence-corrected chi connectivity index (χ1v) is 29.1. The molecule has 65 heavy (non-hydrogen) atoms. The summed E-state index contributed by atoms with van der Waals surface area (Å²) in [4.78, 5) is 38.1. The minimum Gasteiger partial charge on any atom is -0.462 e. The average molecular weight is 920 g/mol. The fourth-order valence-electron chi connectivity index (χ4n) is 8.97. The van der Waals surface area contributed by atoms with Gasteiger partial charge in [0.1, 0.15) is 13.2 Å². The van der Waals surface area contributed by atoms with Gasteiger partial charge < -0.3 is 14.2 Å². The molecular weight excluding hydrogens is 805 g/mol. The van der Waals surface area contributed by atoms with E-state index in [-0.39, 0.29) is 31.1 Å². The second-order valence-electron chi connectivity index (χ2n) is 21.5. The number of hydrogen-bond acceptors (Lipinski definition) is 6. The molecule has 6 nitrogen and oxygen atoms in total. The number of carbonyl (C=O) groups is 3. The summed E-state index contributed by atoms with van der Waals surface area (Å²) in [7, 11) is 0. The van der Waals surface area contributed by atoms with Crippen LogP contribution in [-0.2, 0) is 28.6 Å². The molecule has 0 heterocycles. The first-order chi connectivity index (χ1) is 31.6. The molecule has 6 heteroatoms. The van der Waals surface area contributed by atoms with E-state index in [4.69, 9.17) is 14.2 Å². The van der Waals surface area contributed by atoms with Crippen molar-refractivity contribution in [3.63, 3.8) is 0 Å². The van der Waals surface area contributed by atoms with E-state index in [1.807, 2.05) is 0 Å². The number of carbonyl (C=O) groups excluding carboxylic acids is 3. The van der Waals surface area contributed by atoms with Crippen molar-refractivity contribution in [1.82, 2.24) is 0 Å². The zero-order valence-electron chi connectivity index (χ0n) is 44.8. The van der Waals surface area contributed by atoms with Gasteiger partial charge in [-0.05, 0) is 37.0 Å². The van der Waals surface area contributed by atoms with Gasteiger partial charge in [0.15, 0.2) is 6.10 Å². The van der Waals surface area contributed by atoms with Crippen molar-refractivity contribution < 1.29 is 28.6 Å². The van der Waals surface area contributed by atoms with E-state index in [0.717, 1.165) is 75.5 Å². The molecule has 0 spiro atoms. The fraction of sp³-hybridized carbons (Fsp3) is 0.949. The first kappa shape index (κ1) is 63.4. The molecule has 1 unspecified atom stereocenters. The molecule has 0 aromatic heterocycles. The van der Waals surface area contributed by atoms with Crippen molar-refractivity contribution in [3.8, 4) is 0 Å². The average Bonchev–Trinajstić information content (AvgIpc) is 3.28. The Bertz CT molecular complexity index is 1010. The number of unbranched alkanes of at least 4 members (excludes halogenated alkanes) is 34. The Hall–Kier alpha value is -1.59. The smallest absolute Gasteiger partial charge is 0.306 e. The first-order valence-electron chi connectivity index (χ1n) is 29.1. The number of esters is 3. The van der Waals surface area contributed by atoms with Crippen LogP contribution in [0.5, 0.6) is 0 Å². The van der Waals surface area contributed by atoms with E-state index in [1.54, 1.807) is 0 Å². The molecule has 0 rings (SSSR count). The Morgan fingerprint density at radius 2 is 0.538 bits per heavy atom. The lowest BCUT2D eigenvalue weighted by atomic mass is 9.99. The molecule has 0 saturated heterocycles. The number of ether oxygens (including phenoxy) is 3. The van der Waals surface area contributed by atoms with E-state index < -0.39 is 6.10 Å². The maximum atomic E-state index is 12.8. The largest absolute Gasteiger partial charge is 0.462 e. The third-order valence-electron chi connectivity index (χ3n) is 13.8. The lowest BCUT2D eigenvalue weighted by Gasteiger charge is -2.18. The summed E-state index contributed by atoms with van der Waals surface area (Å²) in [5.41, 5.74) is 0. The van der Waals surface area contributed by atoms with E-state index in [0.29, 0.717) is 19.3 Å². The van der Waals surface area contributed by atoms with Crippen LogP contribution in [0.4, 0.5) is 0 Å². The highest BCUT2D eigenvalue weighted by molar-refractivity contribution is 5.71. The van der Waals surface area contributed by atoms with Crippen LogP contribution in [0.1, 0.15) is 324 Å². The summed E-state index contributed by atoms with van der Waals surface area (Å²) in [5.74, 6) is 1.69. The molecule has 0 fully saturated rings. The van der Waals surface area contributed by atoms with Crippen LogP contribution in [0.2, 0.25) is 0 Å². The van der Waals surface area contributed by atoms with E-state index in [2.05, 4.69) is 41.5 Å². The van der Waals surface area contributed by atoms with E-state index in [1.165, 1.54) is 205 Å². The van der Waals surface area contributed by atoms with Crippen molar-refractivity contribution in [2.45, 2.75) is 330 Å². The lowest BCUT2D eigenvalue weighted by Crippen LogP contribution is -2.30. The fourth-order valence-corrected chi connectivity index (χ4v) is 8.97. The summed E-state index contributed by atoms with van der Waals surface area (Å²) in [6.45, 7) is 13.8. The van der Waals surface area contributed by atoms with Crippen LogP contribution in [0.25, 0.3) is 0 Å². The summed E-state index contributed by atoms with van der Waals surface area (Å²) in [6.07, 6.45) is 52.3. The summed E-state index contributed by atoms with van der Waals surface area (Å²) in [5, 5.41) is 0. The van der Waals surface area contributed by atoms with Gasteiger partial charge >= 0.3 is 17.9 Å². The quantitative estimate of drug-likeness (QED) is 0.0344. The Balaban J connectivity index is 4.27. The molecule has 0 amide bonds. The molecule has 0 aromatic rings. The molecule has 386 valence electrons. The number of hydrogen-bond donors (Lipinski definition) is 0. The van der Waals surface area contributed by atoms with Gasteiger partial charge in [-0.15, -0.1) is 0 Å². The van der Waals surface area contributed by atoms with Gasteiger partial charge in [0.05, 0.1) is 0 Å². The maximum Gasteiger partial charge on any atom is 0.306 e. The normalized spacial score (nSPS) is 12.6. The molecule has 0 radical (unpaired) electrons. The topological polar surface area (TPSA) is 78.9 Å². The Morgan fingerprint density at radius 3 is 0.800 bits per heavy atom. The Kier molecular flexibility index (Phi) is 49.1. The molecule has 0 bridgehead atoms. The summed E-state index contributed by atoms with van der Waals surface area (Å²) < 4.78 is 16.9. The SMILES string of the molecule is CCC(C)CCCCCCCCCCC(=O)O[C@@H](COC(=O)CCCCCCCCCCCCCCCCCC(C)C)COC(=O)CCCCCCCCCCCCCCCCC(C)C. The van der Waals surface area contributed by atoms with Gasteiger partial charge in [-0.25, -0.2) is 0 Å². The van der Waals surface area contributed by atoms with Gasteiger partial charge in [0.2, 0.25) is 0 Å². The Labute approximate surface area is 406 Å². The van der Waals surface area contributed by atoms with Gasteiger partial charge in [0.25, 0.3) is 0 Å². The van der Waals surface area contributed by atoms with Gasteiger partial charge in [0, 0.05) is 19.3 Å². The molecule has 0 aliphatic rings. The van der Waals surface area contributed by atoms with Gasteiger partial charge in [-0.1, -0.05) is 286 Å². The highest BCUT2D eigenvalue weighted by Gasteiger charge is 2.19. The third kappa shape index (κ3) is 51.6. The zero-order chi connectivity index (χ0) is 47.7. The molecular formula is C59H114O6. The molecule has 0 aliphatic heterocycles. The lowest BCUT2D eigenvalue weighted by molar-refractivity contribution is -0.167. The zero-order valence-corrected chi connectivity index (χ0v) is 44.8. The van der Waals surface area contributed by atoms with Crippen LogP contribution in [0, 0.1) is 17.8 Å². The minimum atomic E-state index is -0.764. The summed E-state index contributed by atoms with van der Waals surface area (Å²) in [6, 6.07) is 0. The highest BCUT2D eigenvalue weighted by atomic mass is 16.6. The Morgan fingerprint density at radius 1 is 0.308 bits per heavy atom. The number of rotatable bonds is 52. The summed E-state index contributed by atoms with van der Waals surface area (Å²) >= 11 is 0. The van der Waals surface area contributed by atoms with Crippen molar-refractivity contribution in [2.75, 3.05) is 13.2 Å². The van der Waals surface area contributed by atoms with Crippen molar-refractivity contribution >= 4 is 17.9 Å². The van der Waals surface area contributed by atoms with E-state index in [9.17, 15) is 14.4 Å². The molecule has 0 N–H and O–H groups in total. The molecule has 0 aliphatic carbocycles. The van der Waals surface area contributed by atoms with Crippen LogP contribution in [-0.4, -0.2) is 37.2 Å². The van der Waals surface area contributed by atoms with Crippen molar-refractivity contribution in [2.24, 2.45) is 17.8 Å². The van der Waals surface area contributed by atoms with Crippen LogP contribution < -0.4 is 0 Å².